The van der Waals surface area contributed by atoms with E-state index in [0.717, 1.165) is 43.7 Å². The van der Waals surface area contributed by atoms with E-state index in [1.807, 2.05) is 17.0 Å². The molecule has 0 bridgehead atoms. The van der Waals surface area contributed by atoms with Gasteiger partial charge in [0.1, 0.15) is 0 Å². The quantitative estimate of drug-likeness (QED) is 0.904. The minimum Gasteiger partial charge on any atom is -0.384 e. The second-order valence-corrected chi connectivity index (χ2v) is 6.59. The Morgan fingerprint density at radius 1 is 1.33 bits per heavy atom. The number of carbonyl (C=O) groups is 1. The summed E-state index contributed by atoms with van der Waals surface area (Å²) >= 11 is 0. The molecule has 2 unspecified atom stereocenters. The van der Waals surface area contributed by atoms with E-state index in [1.54, 1.807) is 0 Å². The molecular formula is C17H25N3O. The molecule has 1 aromatic rings. The molecule has 0 aliphatic carbocycles. The van der Waals surface area contributed by atoms with Crippen molar-refractivity contribution in [1.82, 2.24) is 9.80 Å². The predicted octanol–water partition coefficient (Wildman–Crippen LogP) is 2.07. The summed E-state index contributed by atoms with van der Waals surface area (Å²) in [5.41, 5.74) is 3.19. The number of nitrogens with zero attached hydrogens (tertiary/aromatic N) is 2. The summed E-state index contributed by atoms with van der Waals surface area (Å²) in [6, 6.07) is 6.57. The van der Waals surface area contributed by atoms with Crippen molar-refractivity contribution in [2.24, 2.45) is 5.92 Å². The molecular weight excluding hydrogens is 262 g/mol. The van der Waals surface area contributed by atoms with Crippen LogP contribution in [0.25, 0.3) is 0 Å². The number of likely N-dealkylation sites (tertiary alicyclic amines) is 1. The number of rotatable bonds is 2. The van der Waals surface area contributed by atoms with Gasteiger partial charge in [0.2, 0.25) is 0 Å². The highest BCUT2D eigenvalue weighted by Gasteiger charge is 2.34. The maximum atomic E-state index is 12.9. The Morgan fingerprint density at radius 3 is 2.86 bits per heavy atom. The summed E-state index contributed by atoms with van der Waals surface area (Å²) in [5.74, 6) is 0.703. The number of amides is 1. The zero-order valence-electron chi connectivity index (χ0n) is 13.2. The summed E-state index contributed by atoms with van der Waals surface area (Å²) in [6.07, 6.45) is 2.22. The van der Waals surface area contributed by atoms with Crippen molar-refractivity contribution in [3.05, 3.63) is 29.3 Å². The first-order valence-corrected chi connectivity index (χ1v) is 7.89. The van der Waals surface area contributed by atoms with Gasteiger partial charge in [-0.1, -0.05) is 19.1 Å². The van der Waals surface area contributed by atoms with Crippen molar-refractivity contribution in [3.63, 3.8) is 0 Å². The lowest BCUT2D eigenvalue weighted by atomic mass is 9.99. The van der Waals surface area contributed by atoms with E-state index in [4.69, 9.17) is 0 Å². The van der Waals surface area contributed by atoms with Crippen LogP contribution in [-0.4, -0.2) is 55.5 Å². The first-order chi connectivity index (χ1) is 10.1. The topological polar surface area (TPSA) is 35.6 Å². The van der Waals surface area contributed by atoms with Crippen molar-refractivity contribution < 1.29 is 4.79 Å². The first-order valence-electron chi connectivity index (χ1n) is 7.89. The summed E-state index contributed by atoms with van der Waals surface area (Å²) < 4.78 is 0. The van der Waals surface area contributed by atoms with Crippen LogP contribution in [0.5, 0.6) is 0 Å². The molecule has 1 amide bonds. The van der Waals surface area contributed by atoms with E-state index < -0.39 is 0 Å². The number of hydrogen-bond donors (Lipinski definition) is 1. The van der Waals surface area contributed by atoms with Crippen molar-refractivity contribution in [2.75, 3.05) is 39.0 Å². The first kappa shape index (κ1) is 14.4. The third-order valence-corrected chi connectivity index (χ3v) is 4.83. The van der Waals surface area contributed by atoms with Crippen LogP contribution >= 0.6 is 0 Å². The Hall–Kier alpha value is -1.55. The van der Waals surface area contributed by atoms with E-state index in [0.29, 0.717) is 12.0 Å². The summed E-state index contributed by atoms with van der Waals surface area (Å²) in [6.45, 7) is 4.88. The number of fused-ring (bicyclic) bond motifs is 1. The van der Waals surface area contributed by atoms with Crippen LogP contribution in [0.1, 0.15) is 29.3 Å². The highest BCUT2D eigenvalue weighted by Crippen LogP contribution is 2.29. The lowest BCUT2D eigenvalue weighted by molar-refractivity contribution is 0.0782. The molecule has 2 heterocycles. The second kappa shape index (κ2) is 5.68. The maximum absolute atomic E-state index is 12.9. The van der Waals surface area contributed by atoms with Crippen LogP contribution < -0.4 is 5.32 Å². The Morgan fingerprint density at radius 2 is 2.14 bits per heavy atom. The average Bonchev–Trinajstić information content (AvgIpc) is 2.88. The number of anilines is 1. The molecule has 3 rings (SSSR count). The molecule has 2 atom stereocenters. The predicted molar refractivity (Wildman–Crippen MR) is 85.8 cm³/mol. The van der Waals surface area contributed by atoms with Crippen LogP contribution in [0, 0.1) is 5.92 Å². The van der Waals surface area contributed by atoms with Crippen molar-refractivity contribution >= 4 is 11.6 Å². The third-order valence-electron chi connectivity index (χ3n) is 4.83. The van der Waals surface area contributed by atoms with Gasteiger partial charge in [0.05, 0.1) is 11.3 Å². The minimum absolute atomic E-state index is 0.178. The van der Waals surface area contributed by atoms with Crippen LogP contribution in [0.2, 0.25) is 0 Å². The van der Waals surface area contributed by atoms with Crippen molar-refractivity contribution in [2.45, 2.75) is 25.8 Å². The van der Waals surface area contributed by atoms with Crippen LogP contribution in [0.3, 0.4) is 0 Å². The van der Waals surface area contributed by atoms with Gasteiger partial charge in [-0.05, 0) is 44.5 Å². The Bertz CT molecular complexity index is 541. The van der Waals surface area contributed by atoms with Gasteiger partial charge in [0.15, 0.2) is 0 Å². The van der Waals surface area contributed by atoms with Gasteiger partial charge >= 0.3 is 0 Å². The Labute approximate surface area is 127 Å². The molecule has 0 radical (unpaired) electrons. The minimum atomic E-state index is 0.178. The molecule has 1 aromatic carbocycles. The lowest BCUT2D eigenvalue weighted by Crippen LogP contribution is -2.36. The zero-order valence-corrected chi connectivity index (χ0v) is 13.2. The van der Waals surface area contributed by atoms with E-state index in [-0.39, 0.29) is 5.91 Å². The number of aryl methyl sites for hydroxylation is 1. The van der Waals surface area contributed by atoms with E-state index in [2.05, 4.69) is 37.3 Å². The number of para-hydroxylation sites is 1. The summed E-state index contributed by atoms with van der Waals surface area (Å²) in [4.78, 5) is 17.1. The van der Waals surface area contributed by atoms with Gasteiger partial charge in [0.25, 0.3) is 5.91 Å². The normalized spacial score (nSPS) is 24.9. The number of hydrogen-bond acceptors (Lipinski definition) is 3. The third kappa shape index (κ3) is 2.64. The highest BCUT2D eigenvalue weighted by atomic mass is 16.2. The number of carbonyl (C=O) groups excluding carboxylic acids is 1. The standard InChI is InChI=1S/C17H25N3O/c1-12-10-20(11-15(12)19(2)3)17(21)14-8-4-6-13-7-5-9-18-16(13)14/h4,6,8,12,15,18H,5,7,9-11H2,1-3H3. The van der Waals surface area contributed by atoms with Crippen LogP contribution in [-0.2, 0) is 6.42 Å². The van der Waals surface area contributed by atoms with Gasteiger partial charge in [-0.25, -0.2) is 0 Å². The monoisotopic (exact) mass is 287 g/mol. The van der Waals surface area contributed by atoms with Gasteiger partial charge < -0.3 is 15.1 Å². The molecule has 1 fully saturated rings. The smallest absolute Gasteiger partial charge is 0.256 e. The molecule has 1 N–H and O–H groups in total. The SMILES string of the molecule is CC1CN(C(=O)c2cccc3c2NCCC3)CC1N(C)C. The summed E-state index contributed by atoms with van der Waals surface area (Å²) in [7, 11) is 4.20. The number of likely N-dealkylation sites (N-methyl/N-ethyl adjacent to an activating group) is 1. The maximum Gasteiger partial charge on any atom is 0.256 e. The molecule has 2 aliphatic heterocycles. The molecule has 114 valence electrons. The molecule has 21 heavy (non-hydrogen) atoms. The van der Waals surface area contributed by atoms with E-state index in [1.165, 1.54) is 5.56 Å². The summed E-state index contributed by atoms with van der Waals surface area (Å²) in [5, 5.41) is 3.42. The second-order valence-electron chi connectivity index (χ2n) is 6.59. The van der Waals surface area contributed by atoms with Crippen LogP contribution in [0.15, 0.2) is 18.2 Å². The fraction of sp³-hybridized carbons (Fsp3) is 0.588. The average molecular weight is 287 g/mol. The van der Waals surface area contributed by atoms with Crippen molar-refractivity contribution in [3.8, 4) is 0 Å². The molecule has 0 spiro atoms. The fourth-order valence-electron chi connectivity index (χ4n) is 3.65. The molecule has 2 aliphatic rings. The zero-order chi connectivity index (χ0) is 15.0. The van der Waals surface area contributed by atoms with Gasteiger partial charge in [0, 0.05) is 25.7 Å². The lowest BCUT2D eigenvalue weighted by Gasteiger charge is -2.24. The molecule has 0 saturated carbocycles. The van der Waals surface area contributed by atoms with Gasteiger partial charge in [-0.3, -0.25) is 4.79 Å². The van der Waals surface area contributed by atoms with Gasteiger partial charge in [-0.15, -0.1) is 0 Å². The van der Waals surface area contributed by atoms with E-state index in [9.17, 15) is 4.79 Å². The number of nitrogens with one attached hydrogen (secondary N) is 1. The largest absolute Gasteiger partial charge is 0.384 e. The number of benzene rings is 1. The highest BCUT2D eigenvalue weighted by molar-refractivity contribution is 6.00. The molecule has 1 saturated heterocycles. The molecule has 4 heteroatoms. The van der Waals surface area contributed by atoms with E-state index >= 15 is 0 Å². The fourth-order valence-corrected chi connectivity index (χ4v) is 3.65. The van der Waals surface area contributed by atoms with Crippen molar-refractivity contribution in [1.29, 1.82) is 0 Å². The molecule has 4 nitrogen and oxygen atoms in total. The Kier molecular flexibility index (Phi) is 3.89. The van der Waals surface area contributed by atoms with Crippen LogP contribution in [0.4, 0.5) is 5.69 Å². The Balaban J connectivity index is 1.83. The molecule has 0 aromatic heterocycles. The van der Waals surface area contributed by atoms with Gasteiger partial charge in [-0.2, -0.15) is 0 Å².